The van der Waals surface area contributed by atoms with Gasteiger partial charge in [0, 0.05) is 12.3 Å². The van der Waals surface area contributed by atoms with Gasteiger partial charge in [0.25, 0.3) is 0 Å². The highest BCUT2D eigenvalue weighted by Gasteiger charge is 2.46. The van der Waals surface area contributed by atoms with Gasteiger partial charge in [-0.05, 0) is 25.6 Å². The van der Waals surface area contributed by atoms with Crippen molar-refractivity contribution in [2.75, 3.05) is 38.3 Å². The van der Waals surface area contributed by atoms with Crippen LogP contribution in [0.2, 0.25) is 0 Å². The van der Waals surface area contributed by atoms with Crippen LogP contribution in [0.3, 0.4) is 0 Å². The maximum absolute atomic E-state index is 5.32. The molecule has 0 aromatic heterocycles. The standard InChI is InChI=1S/C9H17NOS/c1-12-6-5-10-4-2-3-9(10)7-11-8-9/h2-8H2,1H3. The summed E-state index contributed by atoms with van der Waals surface area (Å²) in [4.78, 5) is 2.63. The van der Waals surface area contributed by atoms with Crippen molar-refractivity contribution >= 4 is 11.8 Å². The summed E-state index contributed by atoms with van der Waals surface area (Å²) in [7, 11) is 0. The van der Waals surface area contributed by atoms with E-state index in [0.29, 0.717) is 5.54 Å². The number of rotatable bonds is 3. The Hall–Kier alpha value is 0.270. The van der Waals surface area contributed by atoms with Crippen molar-refractivity contribution in [3.8, 4) is 0 Å². The second kappa shape index (κ2) is 3.56. The molecular weight excluding hydrogens is 170 g/mol. The second-order valence-electron chi connectivity index (χ2n) is 3.80. The summed E-state index contributed by atoms with van der Waals surface area (Å²) in [5.41, 5.74) is 0.482. The lowest BCUT2D eigenvalue weighted by molar-refractivity contribution is -0.120. The van der Waals surface area contributed by atoms with Crippen LogP contribution < -0.4 is 0 Å². The van der Waals surface area contributed by atoms with Crippen molar-refractivity contribution in [1.82, 2.24) is 4.90 Å². The Morgan fingerprint density at radius 2 is 2.33 bits per heavy atom. The van der Waals surface area contributed by atoms with Gasteiger partial charge in [-0.2, -0.15) is 11.8 Å². The minimum Gasteiger partial charge on any atom is -0.377 e. The van der Waals surface area contributed by atoms with Crippen LogP contribution >= 0.6 is 11.8 Å². The van der Waals surface area contributed by atoms with Crippen molar-refractivity contribution in [2.45, 2.75) is 18.4 Å². The molecule has 2 saturated heterocycles. The molecule has 1 spiro atoms. The number of nitrogens with zero attached hydrogens (tertiary/aromatic N) is 1. The van der Waals surface area contributed by atoms with E-state index < -0.39 is 0 Å². The molecular formula is C9H17NOS. The van der Waals surface area contributed by atoms with Crippen LogP contribution in [-0.4, -0.2) is 48.8 Å². The van der Waals surface area contributed by atoms with E-state index in [0.717, 1.165) is 13.2 Å². The first-order valence-electron chi connectivity index (χ1n) is 4.69. The summed E-state index contributed by atoms with van der Waals surface area (Å²) in [5, 5.41) is 0. The summed E-state index contributed by atoms with van der Waals surface area (Å²) in [6.45, 7) is 4.53. The lowest BCUT2D eigenvalue weighted by Crippen LogP contribution is -2.59. The lowest BCUT2D eigenvalue weighted by Gasteiger charge is -2.45. The summed E-state index contributed by atoms with van der Waals surface area (Å²) in [6.07, 6.45) is 4.92. The fraction of sp³-hybridized carbons (Fsp3) is 1.00. The number of ether oxygens (including phenoxy) is 1. The molecule has 0 saturated carbocycles. The zero-order valence-electron chi connectivity index (χ0n) is 7.71. The van der Waals surface area contributed by atoms with E-state index in [-0.39, 0.29) is 0 Å². The molecule has 0 atom stereocenters. The molecule has 12 heavy (non-hydrogen) atoms. The Bertz CT molecular complexity index is 159. The molecule has 2 heterocycles. The number of hydrogen-bond acceptors (Lipinski definition) is 3. The van der Waals surface area contributed by atoms with Gasteiger partial charge >= 0.3 is 0 Å². The van der Waals surface area contributed by atoms with Gasteiger partial charge in [0.1, 0.15) is 0 Å². The number of thioether (sulfide) groups is 1. The van der Waals surface area contributed by atoms with E-state index in [1.165, 1.54) is 31.7 Å². The van der Waals surface area contributed by atoms with E-state index in [9.17, 15) is 0 Å². The zero-order chi connectivity index (χ0) is 8.44. The average Bonchev–Trinajstić information content (AvgIpc) is 2.42. The predicted molar refractivity (Wildman–Crippen MR) is 52.7 cm³/mol. The first-order valence-corrected chi connectivity index (χ1v) is 6.08. The Morgan fingerprint density at radius 3 is 2.92 bits per heavy atom. The maximum Gasteiger partial charge on any atom is 0.0679 e. The van der Waals surface area contributed by atoms with Gasteiger partial charge in [0.15, 0.2) is 0 Å². The Morgan fingerprint density at radius 1 is 1.50 bits per heavy atom. The molecule has 70 valence electrons. The monoisotopic (exact) mass is 187 g/mol. The van der Waals surface area contributed by atoms with Gasteiger partial charge in [-0.1, -0.05) is 0 Å². The highest BCUT2D eigenvalue weighted by molar-refractivity contribution is 7.98. The first kappa shape index (κ1) is 8.85. The average molecular weight is 187 g/mol. The molecule has 0 aliphatic carbocycles. The van der Waals surface area contributed by atoms with Gasteiger partial charge in [0.2, 0.25) is 0 Å². The molecule has 0 aromatic rings. The molecule has 0 aromatic carbocycles. The fourth-order valence-corrected chi connectivity index (χ4v) is 2.61. The third-order valence-electron chi connectivity index (χ3n) is 3.05. The van der Waals surface area contributed by atoms with Crippen LogP contribution in [0.1, 0.15) is 12.8 Å². The van der Waals surface area contributed by atoms with E-state index in [1.54, 1.807) is 0 Å². The normalized spacial score (nSPS) is 27.8. The molecule has 2 fully saturated rings. The minimum absolute atomic E-state index is 0.482. The molecule has 0 amide bonds. The van der Waals surface area contributed by atoms with Crippen molar-refractivity contribution in [1.29, 1.82) is 0 Å². The molecule has 2 aliphatic heterocycles. The fourth-order valence-electron chi connectivity index (χ4n) is 2.21. The van der Waals surface area contributed by atoms with Crippen LogP contribution in [0, 0.1) is 0 Å². The van der Waals surface area contributed by atoms with E-state index in [4.69, 9.17) is 4.74 Å². The maximum atomic E-state index is 5.32. The summed E-state index contributed by atoms with van der Waals surface area (Å²) in [6, 6.07) is 0. The van der Waals surface area contributed by atoms with Crippen molar-refractivity contribution < 1.29 is 4.74 Å². The quantitative estimate of drug-likeness (QED) is 0.659. The van der Waals surface area contributed by atoms with Crippen LogP contribution in [0.4, 0.5) is 0 Å². The Kier molecular flexibility index (Phi) is 2.63. The van der Waals surface area contributed by atoms with Gasteiger partial charge in [-0.25, -0.2) is 0 Å². The summed E-state index contributed by atoms with van der Waals surface area (Å²) in [5.74, 6) is 1.27. The smallest absolute Gasteiger partial charge is 0.0679 e. The highest BCUT2D eigenvalue weighted by atomic mass is 32.2. The Balaban J connectivity index is 1.86. The lowest BCUT2D eigenvalue weighted by atomic mass is 9.94. The number of likely N-dealkylation sites (tertiary alicyclic amines) is 1. The van der Waals surface area contributed by atoms with Crippen molar-refractivity contribution in [3.05, 3.63) is 0 Å². The zero-order valence-corrected chi connectivity index (χ0v) is 8.53. The van der Waals surface area contributed by atoms with E-state index >= 15 is 0 Å². The molecule has 3 heteroatoms. The second-order valence-corrected chi connectivity index (χ2v) is 4.79. The molecule has 0 radical (unpaired) electrons. The van der Waals surface area contributed by atoms with Crippen LogP contribution in [0.25, 0.3) is 0 Å². The minimum atomic E-state index is 0.482. The van der Waals surface area contributed by atoms with Crippen molar-refractivity contribution in [2.24, 2.45) is 0 Å². The predicted octanol–water partition coefficient (Wildman–Crippen LogP) is 1.21. The topological polar surface area (TPSA) is 12.5 Å². The molecule has 2 nitrogen and oxygen atoms in total. The number of hydrogen-bond donors (Lipinski definition) is 0. The molecule has 0 bridgehead atoms. The Labute approximate surface area is 78.6 Å². The summed E-state index contributed by atoms with van der Waals surface area (Å²) < 4.78 is 5.32. The highest BCUT2D eigenvalue weighted by Crippen LogP contribution is 2.35. The van der Waals surface area contributed by atoms with E-state index in [2.05, 4.69) is 11.2 Å². The van der Waals surface area contributed by atoms with Crippen molar-refractivity contribution in [3.63, 3.8) is 0 Å². The van der Waals surface area contributed by atoms with Gasteiger partial charge in [-0.15, -0.1) is 0 Å². The summed E-state index contributed by atoms with van der Waals surface area (Å²) >= 11 is 1.94. The van der Waals surface area contributed by atoms with Crippen LogP contribution in [0.5, 0.6) is 0 Å². The van der Waals surface area contributed by atoms with Gasteiger partial charge in [-0.3, -0.25) is 4.90 Å². The van der Waals surface area contributed by atoms with Crippen LogP contribution in [-0.2, 0) is 4.74 Å². The van der Waals surface area contributed by atoms with E-state index in [1.807, 2.05) is 11.8 Å². The third kappa shape index (κ3) is 1.38. The van der Waals surface area contributed by atoms with Gasteiger partial charge < -0.3 is 4.74 Å². The molecule has 2 aliphatic rings. The molecule has 2 rings (SSSR count). The SMILES string of the molecule is CSCCN1CCCC12COC2. The molecule has 0 N–H and O–H groups in total. The van der Waals surface area contributed by atoms with Crippen LogP contribution in [0.15, 0.2) is 0 Å². The third-order valence-corrected chi connectivity index (χ3v) is 3.64. The van der Waals surface area contributed by atoms with Gasteiger partial charge in [0.05, 0.1) is 18.8 Å². The first-order chi connectivity index (χ1) is 5.87. The largest absolute Gasteiger partial charge is 0.377 e. The molecule has 0 unspecified atom stereocenters.